The number of esters is 1. The van der Waals surface area contributed by atoms with Gasteiger partial charge in [0, 0.05) is 6.07 Å². The molecule has 0 radical (unpaired) electrons. The van der Waals surface area contributed by atoms with Crippen molar-refractivity contribution in [3.63, 3.8) is 0 Å². The standard InChI is InChI=1S/C13H18N4O5S/c1-6(2)10(11(20)17-12(14)21)23-13-15-7(4-8(18)16-13)5-9(19)22-3/h4,6,10H,5H2,1-3H3,(H,15,16,18)(H3,14,17,20,21)/t10-/m0/s1. The highest BCUT2D eigenvalue weighted by Gasteiger charge is 2.25. The number of methoxy groups -OCH3 is 1. The normalized spacial score (nSPS) is 11.8. The summed E-state index contributed by atoms with van der Waals surface area (Å²) in [6, 6.07) is 0.219. The van der Waals surface area contributed by atoms with E-state index in [1.54, 1.807) is 13.8 Å². The van der Waals surface area contributed by atoms with Gasteiger partial charge in [-0.25, -0.2) is 9.78 Å². The van der Waals surface area contributed by atoms with E-state index in [4.69, 9.17) is 5.73 Å². The monoisotopic (exact) mass is 342 g/mol. The van der Waals surface area contributed by atoms with Crippen LogP contribution in [-0.2, 0) is 20.7 Å². The maximum Gasteiger partial charge on any atom is 0.318 e. The Bertz CT molecular complexity index is 658. The number of aromatic amines is 1. The van der Waals surface area contributed by atoms with Crippen molar-refractivity contribution in [2.24, 2.45) is 11.7 Å². The Morgan fingerprint density at radius 3 is 2.61 bits per heavy atom. The van der Waals surface area contributed by atoms with Crippen LogP contribution < -0.4 is 16.6 Å². The van der Waals surface area contributed by atoms with Gasteiger partial charge in [0.25, 0.3) is 5.56 Å². The van der Waals surface area contributed by atoms with E-state index in [1.807, 2.05) is 5.32 Å². The average molecular weight is 342 g/mol. The van der Waals surface area contributed by atoms with Crippen molar-refractivity contribution in [2.45, 2.75) is 30.7 Å². The molecule has 1 aromatic heterocycles. The number of ether oxygens (including phenoxy) is 1. The number of nitrogens with zero attached hydrogens (tertiary/aromatic N) is 1. The Morgan fingerprint density at radius 1 is 1.43 bits per heavy atom. The predicted octanol–water partition coefficient (Wildman–Crippen LogP) is -0.203. The first-order valence-corrected chi connectivity index (χ1v) is 7.55. The van der Waals surface area contributed by atoms with Gasteiger partial charge in [-0.05, 0) is 5.92 Å². The lowest BCUT2D eigenvalue weighted by Crippen LogP contribution is -2.42. The molecule has 1 rings (SSSR count). The number of hydrogen-bond donors (Lipinski definition) is 3. The van der Waals surface area contributed by atoms with Crippen molar-refractivity contribution in [1.82, 2.24) is 15.3 Å². The summed E-state index contributed by atoms with van der Waals surface area (Å²) in [4.78, 5) is 52.3. The zero-order valence-corrected chi connectivity index (χ0v) is 13.7. The maximum absolute atomic E-state index is 12.0. The second-order valence-electron chi connectivity index (χ2n) is 4.93. The quantitative estimate of drug-likeness (QED) is 0.369. The van der Waals surface area contributed by atoms with Crippen LogP contribution in [0.2, 0.25) is 0 Å². The SMILES string of the molecule is COC(=O)Cc1cc(=O)[nH]c(S[C@H](C(=O)NC(N)=O)C(C)C)n1. The molecule has 0 aromatic carbocycles. The highest BCUT2D eigenvalue weighted by molar-refractivity contribution is 8.00. The highest BCUT2D eigenvalue weighted by Crippen LogP contribution is 2.25. The number of primary amides is 1. The second kappa shape index (κ2) is 8.32. The number of urea groups is 1. The average Bonchev–Trinajstić information content (AvgIpc) is 2.42. The predicted molar refractivity (Wildman–Crippen MR) is 82.8 cm³/mol. The zero-order valence-electron chi connectivity index (χ0n) is 12.9. The lowest BCUT2D eigenvalue weighted by Gasteiger charge is -2.18. The summed E-state index contributed by atoms with van der Waals surface area (Å²) in [5.41, 5.74) is 4.70. The Hall–Kier alpha value is -2.36. The van der Waals surface area contributed by atoms with E-state index >= 15 is 0 Å². The number of thioether (sulfide) groups is 1. The smallest absolute Gasteiger partial charge is 0.318 e. The molecule has 1 heterocycles. The van der Waals surface area contributed by atoms with E-state index < -0.39 is 28.7 Å². The molecule has 1 atom stereocenters. The number of H-pyrrole nitrogens is 1. The minimum Gasteiger partial charge on any atom is -0.469 e. The van der Waals surface area contributed by atoms with E-state index in [9.17, 15) is 19.2 Å². The third-order valence-electron chi connectivity index (χ3n) is 2.68. The fourth-order valence-corrected chi connectivity index (χ4v) is 2.66. The van der Waals surface area contributed by atoms with Crippen LogP contribution in [0.4, 0.5) is 4.79 Å². The number of nitrogens with one attached hydrogen (secondary N) is 2. The van der Waals surface area contributed by atoms with E-state index in [1.165, 1.54) is 13.2 Å². The van der Waals surface area contributed by atoms with Crippen LogP contribution in [0.3, 0.4) is 0 Å². The van der Waals surface area contributed by atoms with Crippen molar-refractivity contribution >= 4 is 29.7 Å². The number of aromatic nitrogens is 2. The number of nitrogens with two attached hydrogens (primary N) is 1. The fourth-order valence-electron chi connectivity index (χ4n) is 1.66. The lowest BCUT2D eigenvalue weighted by atomic mass is 10.1. The first kappa shape index (κ1) is 18.7. The second-order valence-corrected chi connectivity index (χ2v) is 6.06. The molecule has 0 aliphatic heterocycles. The number of imide groups is 1. The fraction of sp³-hybridized carbons (Fsp3) is 0.462. The van der Waals surface area contributed by atoms with Gasteiger partial charge >= 0.3 is 12.0 Å². The minimum absolute atomic E-state index is 0.158. The largest absolute Gasteiger partial charge is 0.469 e. The van der Waals surface area contributed by atoms with Crippen LogP contribution in [0.5, 0.6) is 0 Å². The molecule has 0 spiro atoms. The Balaban J connectivity index is 3.00. The first-order chi connectivity index (χ1) is 10.7. The lowest BCUT2D eigenvalue weighted by molar-refractivity contribution is -0.139. The number of rotatable bonds is 6. The van der Waals surface area contributed by atoms with Crippen molar-refractivity contribution in [3.8, 4) is 0 Å². The van der Waals surface area contributed by atoms with Crippen molar-refractivity contribution in [3.05, 3.63) is 22.1 Å². The third-order valence-corrected chi connectivity index (χ3v) is 4.10. The molecule has 9 nitrogen and oxygen atoms in total. The van der Waals surface area contributed by atoms with Gasteiger partial charge in [-0.1, -0.05) is 25.6 Å². The summed E-state index contributed by atoms with van der Waals surface area (Å²) in [5.74, 6) is -1.28. The number of hydrogen-bond acceptors (Lipinski definition) is 7. The van der Waals surface area contributed by atoms with Gasteiger partial charge in [0.1, 0.15) is 0 Å². The molecule has 0 saturated carbocycles. The minimum atomic E-state index is -0.956. The molecule has 23 heavy (non-hydrogen) atoms. The molecular weight excluding hydrogens is 324 g/mol. The first-order valence-electron chi connectivity index (χ1n) is 6.67. The molecule has 0 aliphatic carbocycles. The Labute approximate surface area is 136 Å². The van der Waals surface area contributed by atoms with Crippen molar-refractivity contribution < 1.29 is 19.1 Å². The molecule has 0 bridgehead atoms. The van der Waals surface area contributed by atoms with Crippen LogP contribution in [0.25, 0.3) is 0 Å². The molecule has 4 N–H and O–H groups in total. The van der Waals surface area contributed by atoms with Crippen LogP contribution in [0.15, 0.2) is 16.0 Å². The summed E-state index contributed by atoms with van der Waals surface area (Å²) >= 11 is 0.971. The molecule has 1 aromatic rings. The van der Waals surface area contributed by atoms with Gasteiger partial charge in [-0.15, -0.1) is 0 Å². The van der Waals surface area contributed by atoms with E-state index in [0.29, 0.717) is 0 Å². The summed E-state index contributed by atoms with van der Waals surface area (Å²) in [5, 5.41) is 1.47. The van der Waals surface area contributed by atoms with Gasteiger partial charge in [0.15, 0.2) is 5.16 Å². The summed E-state index contributed by atoms with van der Waals surface area (Å²) in [6.07, 6.45) is -0.159. The topological polar surface area (TPSA) is 144 Å². The van der Waals surface area contributed by atoms with Crippen molar-refractivity contribution in [1.29, 1.82) is 0 Å². The maximum atomic E-state index is 12.0. The number of carbonyl (C=O) groups is 3. The number of amides is 3. The molecular formula is C13H18N4O5S. The molecule has 0 fully saturated rings. The molecule has 3 amide bonds. The summed E-state index contributed by atoms with van der Waals surface area (Å²) < 4.78 is 4.52. The van der Waals surface area contributed by atoms with E-state index in [0.717, 1.165) is 11.8 Å². The molecule has 0 aliphatic rings. The van der Waals surface area contributed by atoms with Crippen molar-refractivity contribution in [2.75, 3.05) is 7.11 Å². The summed E-state index contributed by atoms with van der Waals surface area (Å²) in [6.45, 7) is 3.54. The van der Waals surface area contributed by atoms with Crippen LogP contribution in [0.1, 0.15) is 19.5 Å². The van der Waals surface area contributed by atoms with E-state index in [2.05, 4.69) is 14.7 Å². The van der Waals surface area contributed by atoms with Crippen LogP contribution in [0, 0.1) is 5.92 Å². The van der Waals surface area contributed by atoms with E-state index in [-0.39, 0.29) is 23.2 Å². The van der Waals surface area contributed by atoms with Gasteiger partial charge in [-0.3, -0.25) is 19.7 Å². The highest BCUT2D eigenvalue weighted by atomic mass is 32.2. The Morgan fingerprint density at radius 2 is 2.09 bits per heavy atom. The van der Waals surface area contributed by atoms with Gasteiger partial charge in [0.05, 0.1) is 24.5 Å². The molecule has 0 saturated heterocycles. The van der Waals surface area contributed by atoms with Gasteiger partial charge in [-0.2, -0.15) is 0 Å². The van der Waals surface area contributed by atoms with Crippen LogP contribution >= 0.6 is 11.8 Å². The van der Waals surface area contributed by atoms with Gasteiger partial charge in [0.2, 0.25) is 5.91 Å². The number of carbonyl (C=O) groups excluding carboxylic acids is 3. The Kier molecular flexibility index (Phi) is 6.76. The third kappa shape index (κ3) is 6.10. The molecule has 126 valence electrons. The molecule has 0 unspecified atom stereocenters. The summed E-state index contributed by atoms with van der Waals surface area (Å²) in [7, 11) is 1.23. The van der Waals surface area contributed by atoms with Gasteiger partial charge < -0.3 is 15.5 Å². The zero-order chi connectivity index (χ0) is 17.6. The molecule has 10 heteroatoms. The van der Waals surface area contributed by atoms with Crippen LogP contribution in [-0.4, -0.2) is 40.2 Å².